The van der Waals surface area contributed by atoms with E-state index in [1.807, 2.05) is 24.3 Å². The molecule has 0 aromatic heterocycles. The van der Waals surface area contributed by atoms with Crippen LogP contribution in [0.4, 0.5) is 0 Å². The molecule has 0 saturated carbocycles. The van der Waals surface area contributed by atoms with Crippen molar-refractivity contribution >= 4 is 39.9 Å². The number of nitrogens with zero attached hydrogens (tertiary/aromatic N) is 1. The summed E-state index contributed by atoms with van der Waals surface area (Å²) in [6.07, 6.45) is 6.21. The van der Waals surface area contributed by atoms with Gasteiger partial charge in [0.05, 0.1) is 21.3 Å². The summed E-state index contributed by atoms with van der Waals surface area (Å²) in [6.45, 7) is 0.396. The highest BCUT2D eigenvalue weighted by molar-refractivity contribution is 9.10. The third-order valence-electron chi connectivity index (χ3n) is 4.91. The van der Waals surface area contributed by atoms with Crippen LogP contribution < -0.4 is 14.2 Å². The Bertz CT molecular complexity index is 1020. The summed E-state index contributed by atoms with van der Waals surface area (Å²) in [5.41, 5.74) is 2.17. The maximum atomic E-state index is 13.0. The van der Waals surface area contributed by atoms with E-state index in [1.165, 1.54) is 32.3 Å². The van der Waals surface area contributed by atoms with Gasteiger partial charge in [-0.05, 0) is 60.4 Å². The van der Waals surface area contributed by atoms with Gasteiger partial charge in [-0.2, -0.15) is 0 Å². The molecule has 162 valence electrons. The number of carbonyl (C=O) groups excluding carboxylic acids is 2. The van der Waals surface area contributed by atoms with E-state index in [0.29, 0.717) is 42.2 Å². The summed E-state index contributed by atoms with van der Waals surface area (Å²) in [4.78, 5) is 26.9. The van der Waals surface area contributed by atoms with Crippen molar-refractivity contribution in [1.29, 1.82) is 0 Å². The van der Waals surface area contributed by atoms with E-state index in [9.17, 15) is 9.59 Å². The Labute approximate surface area is 190 Å². The summed E-state index contributed by atoms with van der Waals surface area (Å²) >= 11 is 3.41. The molecule has 1 aliphatic rings. The van der Waals surface area contributed by atoms with E-state index in [-0.39, 0.29) is 11.8 Å². The second kappa shape index (κ2) is 10.3. The SMILES string of the molecule is COc1cc(/C=C2\CCCN(C(=O)/C=C/c3cccc(Br)c3)C2=O)cc(OC)c1OC. The number of carbonyl (C=O) groups is 2. The largest absolute Gasteiger partial charge is 0.493 e. The molecular weight excluding hydrogens is 462 g/mol. The van der Waals surface area contributed by atoms with E-state index in [4.69, 9.17) is 14.2 Å². The lowest BCUT2D eigenvalue weighted by Crippen LogP contribution is -2.40. The molecule has 1 saturated heterocycles. The third-order valence-corrected chi connectivity index (χ3v) is 5.40. The Balaban J connectivity index is 1.83. The molecule has 31 heavy (non-hydrogen) atoms. The zero-order chi connectivity index (χ0) is 22.4. The highest BCUT2D eigenvalue weighted by Gasteiger charge is 2.27. The average molecular weight is 486 g/mol. The number of ether oxygens (including phenoxy) is 3. The number of benzene rings is 2. The van der Waals surface area contributed by atoms with Crippen LogP contribution in [0.1, 0.15) is 24.0 Å². The maximum absolute atomic E-state index is 13.0. The molecule has 6 nitrogen and oxygen atoms in total. The van der Waals surface area contributed by atoms with Crippen LogP contribution in [-0.4, -0.2) is 44.6 Å². The number of likely N-dealkylation sites (tertiary alicyclic amines) is 1. The van der Waals surface area contributed by atoms with Crippen molar-refractivity contribution < 1.29 is 23.8 Å². The van der Waals surface area contributed by atoms with E-state index in [0.717, 1.165) is 15.6 Å². The highest BCUT2D eigenvalue weighted by Crippen LogP contribution is 2.39. The normalized spacial score (nSPS) is 15.4. The molecule has 1 heterocycles. The Kier molecular flexibility index (Phi) is 7.52. The van der Waals surface area contributed by atoms with Gasteiger partial charge in [-0.15, -0.1) is 0 Å². The molecule has 0 radical (unpaired) electrons. The first-order valence-corrected chi connectivity index (χ1v) is 10.6. The Hall–Kier alpha value is -3.06. The molecule has 2 amide bonds. The first kappa shape index (κ1) is 22.6. The van der Waals surface area contributed by atoms with Crippen molar-refractivity contribution in [2.75, 3.05) is 27.9 Å². The molecular formula is C24H24BrNO5. The number of hydrogen-bond acceptors (Lipinski definition) is 5. The van der Waals surface area contributed by atoms with Gasteiger partial charge in [0.25, 0.3) is 11.8 Å². The second-order valence-electron chi connectivity index (χ2n) is 6.92. The number of hydrogen-bond donors (Lipinski definition) is 0. The number of halogens is 1. The summed E-state index contributed by atoms with van der Waals surface area (Å²) in [7, 11) is 4.62. The fourth-order valence-electron chi connectivity index (χ4n) is 3.41. The van der Waals surface area contributed by atoms with Gasteiger partial charge in [0.2, 0.25) is 5.75 Å². The first-order valence-electron chi connectivity index (χ1n) is 9.77. The molecule has 1 aliphatic heterocycles. The lowest BCUT2D eigenvalue weighted by Gasteiger charge is -2.26. The molecule has 0 N–H and O–H groups in total. The Morgan fingerprint density at radius 3 is 2.35 bits per heavy atom. The molecule has 0 unspecified atom stereocenters. The molecule has 7 heteroatoms. The predicted molar refractivity (Wildman–Crippen MR) is 123 cm³/mol. The minimum absolute atomic E-state index is 0.288. The molecule has 3 rings (SSSR count). The van der Waals surface area contributed by atoms with Gasteiger partial charge in [-0.25, -0.2) is 0 Å². The summed E-state index contributed by atoms with van der Waals surface area (Å²) in [6, 6.07) is 11.1. The van der Waals surface area contributed by atoms with Crippen LogP contribution in [0.2, 0.25) is 0 Å². The maximum Gasteiger partial charge on any atom is 0.256 e. The molecule has 0 spiro atoms. The van der Waals surface area contributed by atoms with Crippen LogP contribution in [0.15, 0.2) is 52.5 Å². The predicted octanol–water partition coefficient (Wildman–Crippen LogP) is 4.72. The highest BCUT2D eigenvalue weighted by atomic mass is 79.9. The van der Waals surface area contributed by atoms with Crippen LogP contribution >= 0.6 is 15.9 Å². The van der Waals surface area contributed by atoms with E-state index in [2.05, 4.69) is 15.9 Å². The van der Waals surface area contributed by atoms with Crippen molar-refractivity contribution in [2.45, 2.75) is 12.8 Å². The van der Waals surface area contributed by atoms with Gasteiger partial charge in [0.15, 0.2) is 11.5 Å². The number of rotatable bonds is 6. The monoisotopic (exact) mass is 485 g/mol. The minimum atomic E-state index is -0.333. The summed E-state index contributed by atoms with van der Waals surface area (Å²) in [5.74, 6) is 0.865. The topological polar surface area (TPSA) is 65.1 Å². The zero-order valence-electron chi connectivity index (χ0n) is 17.7. The second-order valence-corrected chi connectivity index (χ2v) is 7.83. The van der Waals surface area contributed by atoms with Crippen molar-refractivity contribution in [3.8, 4) is 17.2 Å². The van der Waals surface area contributed by atoms with Gasteiger partial charge < -0.3 is 14.2 Å². The molecule has 0 aliphatic carbocycles. The minimum Gasteiger partial charge on any atom is -0.493 e. The van der Waals surface area contributed by atoms with Gasteiger partial charge in [0, 0.05) is 22.7 Å². The number of imide groups is 1. The Morgan fingerprint density at radius 1 is 1.03 bits per heavy atom. The molecule has 2 aromatic rings. The molecule has 2 aromatic carbocycles. The van der Waals surface area contributed by atoms with Crippen LogP contribution in [-0.2, 0) is 9.59 Å². The van der Waals surface area contributed by atoms with Crippen molar-refractivity contribution in [3.63, 3.8) is 0 Å². The van der Waals surface area contributed by atoms with Crippen LogP contribution in [0, 0.1) is 0 Å². The van der Waals surface area contributed by atoms with Crippen LogP contribution in [0.3, 0.4) is 0 Å². The number of methoxy groups -OCH3 is 3. The smallest absolute Gasteiger partial charge is 0.256 e. The van der Waals surface area contributed by atoms with Crippen molar-refractivity contribution in [3.05, 3.63) is 63.6 Å². The van der Waals surface area contributed by atoms with Crippen LogP contribution in [0.25, 0.3) is 12.2 Å². The third kappa shape index (κ3) is 5.35. The summed E-state index contributed by atoms with van der Waals surface area (Å²) in [5, 5.41) is 0. The molecule has 1 fully saturated rings. The number of amides is 2. The van der Waals surface area contributed by atoms with Gasteiger partial charge in [-0.3, -0.25) is 14.5 Å². The van der Waals surface area contributed by atoms with E-state index >= 15 is 0 Å². The van der Waals surface area contributed by atoms with E-state index < -0.39 is 0 Å². The fourth-order valence-corrected chi connectivity index (χ4v) is 3.82. The van der Waals surface area contributed by atoms with Gasteiger partial charge in [-0.1, -0.05) is 28.1 Å². The quantitative estimate of drug-likeness (QED) is 0.553. The first-order chi connectivity index (χ1) is 15.0. The molecule has 0 bridgehead atoms. The lowest BCUT2D eigenvalue weighted by atomic mass is 10.00. The standard InChI is InChI=1S/C24H24BrNO5/c1-29-20-14-17(15-21(30-2)23(20)31-3)12-18-7-5-11-26(24(18)28)22(27)10-9-16-6-4-8-19(25)13-16/h4,6,8-10,12-15H,5,7,11H2,1-3H3/b10-9+,18-12+. The van der Waals surface area contributed by atoms with Crippen LogP contribution in [0.5, 0.6) is 17.2 Å². The van der Waals surface area contributed by atoms with Gasteiger partial charge in [0.1, 0.15) is 0 Å². The zero-order valence-corrected chi connectivity index (χ0v) is 19.3. The Morgan fingerprint density at radius 2 is 1.74 bits per heavy atom. The number of piperidine rings is 1. The summed E-state index contributed by atoms with van der Waals surface area (Å²) < 4.78 is 17.0. The lowest BCUT2D eigenvalue weighted by molar-refractivity contribution is -0.140. The van der Waals surface area contributed by atoms with E-state index in [1.54, 1.807) is 24.3 Å². The average Bonchev–Trinajstić information content (AvgIpc) is 2.78. The molecule has 0 atom stereocenters. The fraction of sp³-hybridized carbons (Fsp3) is 0.250. The van der Waals surface area contributed by atoms with Crippen molar-refractivity contribution in [1.82, 2.24) is 4.90 Å². The van der Waals surface area contributed by atoms with Crippen molar-refractivity contribution in [2.24, 2.45) is 0 Å². The van der Waals surface area contributed by atoms with Gasteiger partial charge >= 0.3 is 0 Å².